The van der Waals surface area contributed by atoms with Crippen molar-refractivity contribution in [2.45, 2.75) is 0 Å². The molecule has 0 amide bonds. The van der Waals surface area contributed by atoms with Crippen molar-refractivity contribution in [1.29, 1.82) is 0 Å². The number of carbonyl (C=O) groups excluding carboxylic acids is 1. The minimum absolute atomic E-state index is 0.168. The number of rotatable bonds is 3. The normalized spacial score (nSPS) is 15.4. The fourth-order valence-electron chi connectivity index (χ4n) is 2.10. The maximum atomic E-state index is 12.0. The molecule has 1 heterocycles. The first-order valence-corrected chi connectivity index (χ1v) is 8.34. The molecule has 0 saturated carbocycles. The molecule has 24 heavy (non-hydrogen) atoms. The van der Waals surface area contributed by atoms with Gasteiger partial charge in [-0.1, -0.05) is 29.3 Å². The van der Waals surface area contributed by atoms with Crippen LogP contribution in [0, 0.1) is 0 Å². The summed E-state index contributed by atoms with van der Waals surface area (Å²) in [6, 6.07) is 10.3. The third kappa shape index (κ3) is 3.48. The molecule has 0 saturated heterocycles. The van der Waals surface area contributed by atoms with Crippen molar-refractivity contribution in [3.05, 3.63) is 67.7 Å². The highest BCUT2D eigenvalue weighted by Crippen LogP contribution is 2.29. The third-order valence-corrected chi connectivity index (χ3v) is 4.46. The lowest BCUT2D eigenvalue weighted by Gasteiger charge is -2.05. The number of ether oxygens (including phenoxy) is 2. The van der Waals surface area contributed by atoms with Gasteiger partial charge in [0.25, 0.3) is 0 Å². The summed E-state index contributed by atoms with van der Waals surface area (Å²) in [6.07, 6.45) is 1.56. The average molecular weight is 427 g/mol. The van der Waals surface area contributed by atoms with E-state index in [1.165, 1.54) is 0 Å². The Morgan fingerprint density at radius 2 is 2.00 bits per heavy atom. The predicted molar refractivity (Wildman–Crippen MR) is 97.8 cm³/mol. The lowest BCUT2D eigenvalue weighted by atomic mass is 10.2. The molecule has 1 aliphatic rings. The summed E-state index contributed by atoms with van der Waals surface area (Å²) >= 11 is 15.4. The molecule has 0 unspecified atom stereocenters. The van der Waals surface area contributed by atoms with Crippen molar-refractivity contribution in [2.24, 2.45) is 4.99 Å². The number of esters is 1. The number of aliphatic imine (C=N–C) groups is 1. The number of methoxy groups -OCH3 is 1. The second kappa shape index (κ2) is 6.97. The second-order valence-electron chi connectivity index (χ2n) is 4.85. The van der Waals surface area contributed by atoms with Crippen molar-refractivity contribution in [3.63, 3.8) is 0 Å². The van der Waals surface area contributed by atoms with Gasteiger partial charge in [-0.2, -0.15) is 0 Å². The van der Waals surface area contributed by atoms with E-state index < -0.39 is 5.97 Å². The van der Waals surface area contributed by atoms with E-state index in [-0.39, 0.29) is 11.6 Å². The van der Waals surface area contributed by atoms with Crippen LogP contribution in [0.25, 0.3) is 6.08 Å². The summed E-state index contributed by atoms with van der Waals surface area (Å²) in [4.78, 5) is 16.3. The van der Waals surface area contributed by atoms with Gasteiger partial charge in [0.2, 0.25) is 5.90 Å². The van der Waals surface area contributed by atoms with Crippen LogP contribution in [0.15, 0.2) is 51.6 Å². The minimum Gasteiger partial charge on any atom is -0.496 e. The predicted octanol–water partition coefficient (Wildman–Crippen LogP) is 5.11. The first kappa shape index (κ1) is 17.0. The maximum Gasteiger partial charge on any atom is 0.363 e. The summed E-state index contributed by atoms with van der Waals surface area (Å²) in [6.45, 7) is 0. The van der Waals surface area contributed by atoms with Crippen LogP contribution < -0.4 is 4.74 Å². The lowest BCUT2D eigenvalue weighted by molar-refractivity contribution is -0.129. The smallest absolute Gasteiger partial charge is 0.363 e. The number of nitrogens with zero attached hydrogens (tertiary/aromatic N) is 1. The van der Waals surface area contributed by atoms with Crippen LogP contribution >= 0.6 is 39.1 Å². The van der Waals surface area contributed by atoms with Crippen molar-refractivity contribution in [1.82, 2.24) is 0 Å². The molecule has 0 aromatic heterocycles. The van der Waals surface area contributed by atoms with Crippen molar-refractivity contribution in [3.8, 4) is 5.75 Å². The van der Waals surface area contributed by atoms with E-state index in [0.29, 0.717) is 26.9 Å². The topological polar surface area (TPSA) is 47.9 Å². The summed E-state index contributed by atoms with van der Waals surface area (Å²) in [5.74, 6) is 0.357. The summed E-state index contributed by atoms with van der Waals surface area (Å²) in [5, 5.41) is 0.946. The third-order valence-electron chi connectivity index (χ3n) is 3.27. The standard InChI is InChI=1S/C17H10BrCl2NO3/c1-23-15-5-3-10(6-12(15)18)16-21-14(17(22)24-16)7-9-2-4-11(19)8-13(9)20/h2-8H,1H3. The Kier molecular flexibility index (Phi) is 4.94. The molecule has 0 spiro atoms. The fraction of sp³-hybridized carbons (Fsp3) is 0.0588. The van der Waals surface area contributed by atoms with E-state index in [1.807, 2.05) is 0 Å². The highest BCUT2D eigenvalue weighted by atomic mass is 79.9. The van der Waals surface area contributed by atoms with Gasteiger partial charge in [-0.25, -0.2) is 9.79 Å². The molecule has 0 N–H and O–H groups in total. The van der Waals surface area contributed by atoms with E-state index in [1.54, 1.807) is 49.6 Å². The number of hydrogen-bond acceptors (Lipinski definition) is 4. The van der Waals surface area contributed by atoms with Crippen LogP contribution in [0.4, 0.5) is 0 Å². The SMILES string of the molecule is COc1ccc(C2=NC(=Cc3ccc(Cl)cc3Cl)C(=O)O2)cc1Br. The minimum atomic E-state index is -0.539. The number of benzene rings is 2. The van der Waals surface area contributed by atoms with Crippen LogP contribution in [-0.2, 0) is 9.53 Å². The highest BCUT2D eigenvalue weighted by Gasteiger charge is 2.25. The van der Waals surface area contributed by atoms with Crippen molar-refractivity contribution < 1.29 is 14.3 Å². The van der Waals surface area contributed by atoms with E-state index in [9.17, 15) is 4.79 Å². The summed E-state index contributed by atoms with van der Waals surface area (Å²) in [5.41, 5.74) is 1.46. The van der Waals surface area contributed by atoms with Crippen LogP contribution in [0.5, 0.6) is 5.75 Å². The Morgan fingerprint density at radius 1 is 1.21 bits per heavy atom. The quantitative estimate of drug-likeness (QED) is 0.506. The van der Waals surface area contributed by atoms with E-state index in [4.69, 9.17) is 32.7 Å². The molecule has 2 aromatic rings. The summed E-state index contributed by atoms with van der Waals surface area (Å²) < 4.78 is 11.1. The largest absolute Gasteiger partial charge is 0.496 e. The molecular weight excluding hydrogens is 417 g/mol. The molecule has 7 heteroatoms. The number of cyclic esters (lactones) is 1. The van der Waals surface area contributed by atoms with Gasteiger partial charge in [-0.15, -0.1) is 0 Å². The highest BCUT2D eigenvalue weighted by molar-refractivity contribution is 9.10. The molecule has 2 aromatic carbocycles. The summed E-state index contributed by atoms with van der Waals surface area (Å²) in [7, 11) is 1.57. The zero-order valence-electron chi connectivity index (χ0n) is 12.3. The first-order chi connectivity index (χ1) is 11.5. The number of carbonyl (C=O) groups is 1. The first-order valence-electron chi connectivity index (χ1n) is 6.79. The van der Waals surface area contributed by atoms with E-state index in [2.05, 4.69) is 20.9 Å². The molecule has 0 atom stereocenters. The van der Waals surface area contributed by atoms with Gasteiger partial charge in [0.15, 0.2) is 5.70 Å². The monoisotopic (exact) mass is 425 g/mol. The average Bonchev–Trinajstić information content (AvgIpc) is 2.91. The van der Waals surface area contributed by atoms with Crippen molar-refractivity contribution >= 4 is 57.1 Å². The van der Waals surface area contributed by atoms with E-state index in [0.717, 1.165) is 4.47 Å². The van der Waals surface area contributed by atoms with Gasteiger partial charge >= 0.3 is 5.97 Å². The van der Waals surface area contributed by atoms with Crippen molar-refractivity contribution in [2.75, 3.05) is 7.11 Å². The number of hydrogen-bond donors (Lipinski definition) is 0. The van der Waals surface area contributed by atoms with Gasteiger partial charge in [-0.05, 0) is 57.9 Å². The van der Waals surface area contributed by atoms with Crippen LogP contribution in [0.2, 0.25) is 10.0 Å². The van der Waals surface area contributed by atoms with Crippen LogP contribution in [0.1, 0.15) is 11.1 Å². The Balaban J connectivity index is 1.95. The zero-order valence-corrected chi connectivity index (χ0v) is 15.4. The molecule has 4 nitrogen and oxygen atoms in total. The van der Waals surface area contributed by atoms with E-state index >= 15 is 0 Å². The van der Waals surface area contributed by atoms with Crippen LogP contribution in [-0.4, -0.2) is 19.0 Å². The zero-order chi connectivity index (χ0) is 17.3. The molecule has 0 radical (unpaired) electrons. The van der Waals surface area contributed by atoms with Gasteiger partial charge in [0.05, 0.1) is 11.6 Å². The second-order valence-corrected chi connectivity index (χ2v) is 6.55. The van der Waals surface area contributed by atoms with Gasteiger partial charge < -0.3 is 9.47 Å². The number of halogens is 3. The lowest BCUT2D eigenvalue weighted by Crippen LogP contribution is -2.05. The molecule has 0 bridgehead atoms. The van der Waals surface area contributed by atoms with Crippen LogP contribution in [0.3, 0.4) is 0 Å². The molecule has 3 rings (SSSR count). The molecular formula is C17H10BrCl2NO3. The molecule has 0 fully saturated rings. The Bertz CT molecular complexity index is 893. The van der Waals surface area contributed by atoms with Gasteiger partial charge in [0, 0.05) is 15.6 Å². The fourth-order valence-corrected chi connectivity index (χ4v) is 3.10. The molecule has 1 aliphatic heterocycles. The Morgan fingerprint density at radius 3 is 2.67 bits per heavy atom. The molecule has 0 aliphatic carbocycles. The Labute approximate surface area is 156 Å². The Hall–Kier alpha value is -1.82. The van der Waals surface area contributed by atoms with Gasteiger partial charge in [-0.3, -0.25) is 0 Å². The van der Waals surface area contributed by atoms with Gasteiger partial charge in [0.1, 0.15) is 5.75 Å². The maximum absolute atomic E-state index is 12.0. The molecule has 122 valence electrons.